The van der Waals surface area contributed by atoms with E-state index in [0.717, 1.165) is 30.6 Å². The topological polar surface area (TPSA) is 133 Å². The van der Waals surface area contributed by atoms with E-state index in [1.807, 2.05) is 61.4 Å². The van der Waals surface area contributed by atoms with Crippen molar-refractivity contribution in [3.8, 4) is 0 Å². The Morgan fingerprint density at radius 2 is 1.98 bits per heavy atom. The summed E-state index contributed by atoms with van der Waals surface area (Å²) in [6.07, 6.45) is 7.11. The van der Waals surface area contributed by atoms with Crippen molar-refractivity contribution in [3.05, 3.63) is 30.1 Å². The Hall–Kier alpha value is -3.83. The van der Waals surface area contributed by atoms with Gasteiger partial charge in [-0.25, -0.2) is 4.79 Å². The fraction of sp³-hybridized carbons (Fsp3) is 0.607. The highest BCUT2D eigenvalue weighted by Crippen LogP contribution is 2.40. The van der Waals surface area contributed by atoms with Crippen molar-refractivity contribution in [1.29, 1.82) is 0 Å². The smallest absolute Gasteiger partial charge is 0.410 e. The van der Waals surface area contributed by atoms with E-state index in [1.165, 1.54) is 12.8 Å². The Kier molecular flexibility index (Phi) is 6.58. The maximum atomic E-state index is 13.8. The maximum Gasteiger partial charge on any atom is 0.410 e. The molecule has 2 amide bonds. The van der Waals surface area contributed by atoms with Crippen LogP contribution in [0.2, 0.25) is 0 Å². The lowest BCUT2D eigenvalue weighted by atomic mass is 9.96. The van der Waals surface area contributed by atoms with Gasteiger partial charge in [0.2, 0.25) is 17.8 Å². The normalized spacial score (nSPS) is 23.4. The number of nitrogens with zero attached hydrogens (tertiary/aromatic N) is 6. The zero-order valence-electron chi connectivity index (χ0n) is 23.7. The Morgan fingerprint density at radius 3 is 2.75 bits per heavy atom. The molecule has 12 nitrogen and oxygen atoms in total. The summed E-state index contributed by atoms with van der Waals surface area (Å²) < 4.78 is 7.44. The van der Waals surface area contributed by atoms with Crippen LogP contribution in [0.25, 0.3) is 5.65 Å². The number of likely N-dealkylation sites (tertiary alicyclic amines) is 1. The van der Waals surface area contributed by atoms with E-state index in [9.17, 15) is 9.59 Å². The van der Waals surface area contributed by atoms with Crippen LogP contribution in [0.3, 0.4) is 0 Å². The van der Waals surface area contributed by atoms with Crippen LogP contribution in [-0.4, -0.2) is 78.3 Å². The van der Waals surface area contributed by atoms with Gasteiger partial charge < -0.3 is 25.2 Å². The maximum absolute atomic E-state index is 13.8. The van der Waals surface area contributed by atoms with Gasteiger partial charge >= 0.3 is 6.09 Å². The second-order valence-electron chi connectivity index (χ2n) is 12.5. The number of amides is 2. The van der Waals surface area contributed by atoms with Crippen LogP contribution in [-0.2, 0) is 9.53 Å². The van der Waals surface area contributed by atoms with Crippen molar-refractivity contribution in [2.24, 2.45) is 0 Å². The molecule has 1 aliphatic carbocycles. The predicted octanol–water partition coefficient (Wildman–Crippen LogP) is 3.95. The molecule has 3 N–H and O–H groups in total. The highest BCUT2D eigenvalue weighted by Gasteiger charge is 2.46. The van der Waals surface area contributed by atoms with Gasteiger partial charge in [-0.3, -0.25) is 14.3 Å². The van der Waals surface area contributed by atoms with Crippen LogP contribution in [0.15, 0.2) is 24.4 Å². The van der Waals surface area contributed by atoms with E-state index < -0.39 is 11.1 Å². The van der Waals surface area contributed by atoms with E-state index in [1.54, 1.807) is 4.90 Å². The molecule has 40 heavy (non-hydrogen) atoms. The number of anilines is 3. The number of hydrogen-bond donors (Lipinski definition) is 3. The molecule has 6 rings (SSSR count). The molecule has 2 aliphatic heterocycles. The Morgan fingerprint density at radius 1 is 1.15 bits per heavy atom. The van der Waals surface area contributed by atoms with Crippen molar-refractivity contribution in [2.45, 2.75) is 89.3 Å². The average Bonchev–Trinajstić information content (AvgIpc) is 3.26. The molecule has 0 bridgehead atoms. The highest BCUT2D eigenvalue weighted by atomic mass is 16.6. The summed E-state index contributed by atoms with van der Waals surface area (Å²) in [4.78, 5) is 39.8. The number of H-pyrrole nitrogens is 1. The van der Waals surface area contributed by atoms with Gasteiger partial charge in [0.05, 0.1) is 0 Å². The van der Waals surface area contributed by atoms with Crippen molar-refractivity contribution in [1.82, 2.24) is 34.8 Å². The van der Waals surface area contributed by atoms with E-state index in [-0.39, 0.29) is 18.0 Å². The molecule has 214 valence electrons. The first kappa shape index (κ1) is 26.4. The molecule has 3 fully saturated rings. The van der Waals surface area contributed by atoms with E-state index in [2.05, 4.69) is 20.8 Å². The molecule has 0 spiro atoms. The van der Waals surface area contributed by atoms with Crippen molar-refractivity contribution in [3.63, 3.8) is 0 Å². The second kappa shape index (κ2) is 9.97. The van der Waals surface area contributed by atoms with Crippen LogP contribution in [0.5, 0.6) is 0 Å². The minimum atomic E-state index is -0.818. The molecule has 12 heteroatoms. The molecule has 3 aliphatic rings. The molecule has 0 radical (unpaired) electrons. The molecule has 1 saturated carbocycles. The third-order valence-corrected chi connectivity index (χ3v) is 8.01. The van der Waals surface area contributed by atoms with Gasteiger partial charge in [-0.1, -0.05) is 0 Å². The van der Waals surface area contributed by atoms with Crippen LogP contribution in [0, 0.1) is 0 Å². The van der Waals surface area contributed by atoms with E-state index in [0.29, 0.717) is 49.7 Å². The minimum Gasteiger partial charge on any atom is -0.444 e. The second-order valence-corrected chi connectivity index (χ2v) is 12.5. The Balaban J connectivity index is 1.19. The van der Waals surface area contributed by atoms with Crippen LogP contribution >= 0.6 is 0 Å². The number of aromatic amines is 1. The SMILES string of the molecule is CC(C)(C)OC(=O)N1CCCC(NC(=O)[C@@]2(C)CCCN2c2nc(Nc3cc(C4CC4)[nH]n3)n3cccc3n2)C1. The summed E-state index contributed by atoms with van der Waals surface area (Å²) in [5.74, 6) is 2.29. The number of nitrogens with one attached hydrogen (secondary N) is 3. The van der Waals surface area contributed by atoms with Crippen LogP contribution in [0.1, 0.15) is 77.8 Å². The summed E-state index contributed by atoms with van der Waals surface area (Å²) in [7, 11) is 0. The quantitative estimate of drug-likeness (QED) is 0.421. The minimum absolute atomic E-state index is 0.0734. The number of ether oxygens (including phenoxy) is 1. The van der Waals surface area contributed by atoms with Gasteiger partial charge in [0, 0.05) is 49.6 Å². The third kappa shape index (κ3) is 5.31. The summed E-state index contributed by atoms with van der Waals surface area (Å²) in [6.45, 7) is 9.27. The molecular weight excluding hydrogens is 510 g/mol. The molecule has 2 saturated heterocycles. The Labute approximate surface area is 233 Å². The number of hydrogen-bond acceptors (Lipinski definition) is 8. The highest BCUT2D eigenvalue weighted by molar-refractivity contribution is 5.90. The molecule has 2 atom stereocenters. The number of carbonyl (C=O) groups is 2. The van der Waals surface area contributed by atoms with Crippen LogP contribution in [0.4, 0.5) is 22.5 Å². The number of carbonyl (C=O) groups excluding carboxylic acids is 2. The monoisotopic (exact) mass is 549 g/mol. The molecular formula is C28H39N9O3. The number of fused-ring (bicyclic) bond motifs is 1. The first-order valence-corrected chi connectivity index (χ1v) is 14.3. The van der Waals surface area contributed by atoms with Gasteiger partial charge in [0.25, 0.3) is 0 Å². The fourth-order valence-corrected chi connectivity index (χ4v) is 5.69. The third-order valence-electron chi connectivity index (χ3n) is 8.01. The summed E-state index contributed by atoms with van der Waals surface area (Å²) in [5.41, 5.74) is 0.496. The standard InChI is InChI=1S/C28H39N9O3/c1-27(2,3)40-26(39)35-13-5-8-19(17-35)29-23(38)28(4)12-7-15-37(28)25-31-22-9-6-14-36(22)24(32-25)30-21-16-20(33-34-21)18-10-11-18/h6,9,14,16,18-19H,5,7-8,10-13,15,17H2,1-4H3,(H,29,38)(H2,30,31,32,33,34)/t19?,28-/m1/s1. The number of piperidine rings is 1. The van der Waals surface area contributed by atoms with Crippen molar-refractivity contribution < 1.29 is 14.3 Å². The van der Waals surface area contributed by atoms with E-state index in [4.69, 9.17) is 14.7 Å². The first-order chi connectivity index (χ1) is 19.1. The van der Waals surface area contributed by atoms with Gasteiger partial charge in [-0.05, 0) is 78.4 Å². The van der Waals surface area contributed by atoms with Gasteiger partial charge in [-0.15, -0.1) is 0 Å². The molecule has 0 aromatic carbocycles. The summed E-state index contributed by atoms with van der Waals surface area (Å²) in [6, 6.07) is 5.75. The molecule has 3 aromatic heterocycles. The number of aromatic nitrogens is 5. The zero-order valence-corrected chi connectivity index (χ0v) is 23.7. The zero-order chi connectivity index (χ0) is 28.1. The Bertz CT molecular complexity index is 1410. The average molecular weight is 550 g/mol. The van der Waals surface area contributed by atoms with Crippen molar-refractivity contribution >= 4 is 35.4 Å². The number of rotatable bonds is 6. The van der Waals surface area contributed by atoms with Gasteiger partial charge in [0.1, 0.15) is 16.8 Å². The van der Waals surface area contributed by atoms with Gasteiger partial charge in [-0.2, -0.15) is 15.1 Å². The summed E-state index contributed by atoms with van der Waals surface area (Å²) >= 11 is 0. The van der Waals surface area contributed by atoms with Gasteiger partial charge in [0.15, 0.2) is 5.82 Å². The van der Waals surface area contributed by atoms with Crippen molar-refractivity contribution in [2.75, 3.05) is 29.9 Å². The predicted molar refractivity (Wildman–Crippen MR) is 151 cm³/mol. The molecule has 1 unspecified atom stereocenters. The lowest BCUT2D eigenvalue weighted by Crippen LogP contribution is -2.59. The van der Waals surface area contributed by atoms with E-state index >= 15 is 0 Å². The molecule has 3 aromatic rings. The lowest BCUT2D eigenvalue weighted by Gasteiger charge is -2.38. The van der Waals surface area contributed by atoms with Crippen LogP contribution < -0.4 is 15.5 Å². The summed E-state index contributed by atoms with van der Waals surface area (Å²) in [5, 5.41) is 14.1. The largest absolute Gasteiger partial charge is 0.444 e. The molecule has 5 heterocycles. The first-order valence-electron chi connectivity index (χ1n) is 14.3. The lowest BCUT2D eigenvalue weighted by molar-refractivity contribution is -0.126. The fourth-order valence-electron chi connectivity index (χ4n) is 5.69.